The summed E-state index contributed by atoms with van der Waals surface area (Å²) in [6.45, 7) is 3.88. The zero-order valence-electron chi connectivity index (χ0n) is 17.1. The molecule has 9 nitrogen and oxygen atoms in total. The summed E-state index contributed by atoms with van der Waals surface area (Å²) in [5, 5.41) is 3.36. The van der Waals surface area contributed by atoms with Gasteiger partial charge in [0.1, 0.15) is 5.82 Å². The van der Waals surface area contributed by atoms with Gasteiger partial charge in [-0.25, -0.2) is 0 Å². The largest absolute Gasteiger partial charge is 0.490 e. The molecule has 1 aliphatic heterocycles. The number of thioether (sulfide) groups is 1. The molecule has 2 amide bonds. The number of hydrogen-bond donors (Lipinski definition) is 2. The molecule has 0 fully saturated rings. The van der Waals surface area contributed by atoms with Crippen LogP contribution in [0.5, 0.6) is 11.5 Å². The SMILES string of the molecule is CCOc1cc(C2CC(=O)Nc3c2c(=O)nc(SCC)n3C)ccc1OCC(N)=O. The minimum absolute atomic E-state index is 0.108. The first-order chi connectivity index (χ1) is 14.3. The standard InChI is InChI=1S/C20H24N4O5S/c1-4-28-14-8-11(6-7-13(14)29-10-15(21)25)12-9-16(26)22-18-17(12)19(27)23-20(24(18)3)30-5-2/h6-8,12H,4-5,9-10H2,1-3H3,(H2,21,25)(H,22,26). The predicted octanol–water partition coefficient (Wildman–Crippen LogP) is 1.63. The number of primary amides is 1. The van der Waals surface area contributed by atoms with E-state index in [9.17, 15) is 14.4 Å². The van der Waals surface area contributed by atoms with Crippen LogP contribution in [0.4, 0.5) is 5.82 Å². The van der Waals surface area contributed by atoms with Crippen molar-refractivity contribution in [1.29, 1.82) is 0 Å². The Morgan fingerprint density at radius 1 is 1.30 bits per heavy atom. The van der Waals surface area contributed by atoms with Crippen molar-refractivity contribution >= 4 is 29.4 Å². The van der Waals surface area contributed by atoms with Crippen LogP contribution in [-0.2, 0) is 16.6 Å². The monoisotopic (exact) mass is 432 g/mol. The molecular formula is C20H24N4O5S. The number of fused-ring (bicyclic) bond motifs is 1. The molecule has 3 N–H and O–H groups in total. The van der Waals surface area contributed by atoms with E-state index in [0.29, 0.717) is 34.6 Å². The number of nitrogens with one attached hydrogen (secondary N) is 1. The summed E-state index contributed by atoms with van der Waals surface area (Å²) >= 11 is 1.43. The molecule has 1 atom stereocenters. The lowest BCUT2D eigenvalue weighted by atomic mass is 9.86. The smallest absolute Gasteiger partial charge is 0.279 e. The zero-order chi connectivity index (χ0) is 21.8. The fraction of sp³-hybridized carbons (Fsp3) is 0.400. The third kappa shape index (κ3) is 4.43. The first kappa shape index (κ1) is 21.7. The molecule has 3 rings (SSSR count). The van der Waals surface area contributed by atoms with Gasteiger partial charge in [0, 0.05) is 19.4 Å². The van der Waals surface area contributed by atoms with Crippen molar-refractivity contribution in [2.75, 3.05) is 24.3 Å². The van der Waals surface area contributed by atoms with Crippen LogP contribution in [0.1, 0.15) is 37.3 Å². The number of rotatable bonds is 8. The Kier molecular flexibility index (Phi) is 6.66. The molecule has 0 saturated carbocycles. The molecule has 1 aromatic carbocycles. The Labute approximate surface area is 178 Å². The molecule has 160 valence electrons. The molecule has 0 saturated heterocycles. The Balaban J connectivity index is 2.08. The van der Waals surface area contributed by atoms with Gasteiger partial charge in [-0.2, -0.15) is 4.98 Å². The predicted molar refractivity (Wildman–Crippen MR) is 113 cm³/mol. The van der Waals surface area contributed by atoms with E-state index >= 15 is 0 Å². The second-order valence-corrected chi connectivity index (χ2v) is 7.88. The number of nitrogens with two attached hydrogens (primary N) is 1. The van der Waals surface area contributed by atoms with Crippen LogP contribution in [0, 0.1) is 0 Å². The van der Waals surface area contributed by atoms with Crippen LogP contribution in [-0.4, -0.2) is 40.3 Å². The fourth-order valence-electron chi connectivity index (χ4n) is 3.36. The van der Waals surface area contributed by atoms with Crippen molar-refractivity contribution in [1.82, 2.24) is 9.55 Å². The zero-order valence-corrected chi connectivity index (χ0v) is 17.9. The maximum Gasteiger partial charge on any atom is 0.279 e. The van der Waals surface area contributed by atoms with Gasteiger partial charge in [0.2, 0.25) is 5.91 Å². The summed E-state index contributed by atoms with van der Waals surface area (Å²) in [7, 11) is 1.78. The lowest BCUT2D eigenvalue weighted by molar-refractivity contribution is -0.120. The number of aromatic nitrogens is 2. The molecule has 0 bridgehead atoms. The summed E-state index contributed by atoms with van der Waals surface area (Å²) in [6.07, 6.45) is 0.108. The first-order valence-corrected chi connectivity index (χ1v) is 10.6. The molecule has 30 heavy (non-hydrogen) atoms. The van der Waals surface area contributed by atoms with Crippen LogP contribution in [0.15, 0.2) is 28.2 Å². The van der Waals surface area contributed by atoms with E-state index in [2.05, 4.69) is 10.3 Å². The lowest BCUT2D eigenvalue weighted by Gasteiger charge is -2.28. The minimum atomic E-state index is -0.602. The molecule has 2 aromatic rings. The van der Waals surface area contributed by atoms with E-state index in [0.717, 1.165) is 11.3 Å². The highest BCUT2D eigenvalue weighted by molar-refractivity contribution is 7.99. The normalized spacial score (nSPS) is 15.3. The maximum atomic E-state index is 12.9. The van der Waals surface area contributed by atoms with Gasteiger partial charge in [0.25, 0.3) is 11.5 Å². The Morgan fingerprint density at radius 2 is 2.07 bits per heavy atom. The molecular weight excluding hydrogens is 408 g/mol. The summed E-state index contributed by atoms with van der Waals surface area (Å²) in [5.41, 5.74) is 5.94. The van der Waals surface area contributed by atoms with E-state index in [4.69, 9.17) is 15.2 Å². The molecule has 1 aromatic heterocycles. The van der Waals surface area contributed by atoms with E-state index in [1.165, 1.54) is 11.8 Å². The topological polar surface area (TPSA) is 126 Å². The molecule has 0 radical (unpaired) electrons. The maximum absolute atomic E-state index is 12.9. The second kappa shape index (κ2) is 9.21. The van der Waals surface area contributed by atoms with E-state index in [1.54, 1.807) is 29.8 Å². The summed E-state index contributed by atoms with van der Waals surface area (Å²) in [6, 6.07) is 5.12. The van der Waals surface area contributed by atoms with E-state index in [-0.39, 0.29) is 24.5 Å². The highest BCUT2D eigenvalue weighted by atomic mass is 32.2. The lowest BCUT2D eigenvalue weighted by Crippen LogP contribution is -2.33. The number of carbonyl (C=O) groups is 2. The number of benzene rings is 1. The van der Waals surface area contributed by atoms with Crippen LogP contribution >= 0.6 is 11.8 Å². The summed E-state index contributed by atoms with van der Waals surface area (Å²) in [4.78, 5) is 40.5. The van der Waals surface area contributed by atoms with Gasteiger partial charge in [0.05, 0.1) is 12.2 Å². The third-order valence-corrected chi connectivity index (χ3v) is 5.53. The van der Waals surface area contributed by atoms with Gasteiger partial charge in [-0.1, -0.05) is 24.8 Å². The third-order valence-electron chi connectivity index (χ3n) is 4.61. The number of anilines is 1. The van der Waals surface area contributed by atoms with Crippen LogP contribution in [0.3, 0.4) is 0 Å². The Hall–Kier alpha value is -3.01. The van der Waals surface area contributed by atoms with Crippen LogP contribution < -0.4 is 26.1 Å². The molecule has 0 aliphatic carbocycles. The number of hydrogen-bond acceptors (Lipinski definition) is 7. The average molecular weight is 433 g/mol. The fourth-order valence-corrected chi connectivity index (χ4v) is 4.05. The molecule has 0 spiro atoms. The van der Waals surface area contributed by atoms with Crippen molar-refractivity contribution in [2.45, 2.75) is 31.3 Å². The molecule has 1 unspecified atom stereocenters. The number of nitrogens with zero attached hydrogens (tertiary/aromatic N) is 2. The van der Waals surface area contributed by atoms with Crippen molar-refractivity contribution in [2.24, 2.45) is 12.8 Å². The average Bonchev–Trinajstić information content (AvgIpc) is 2.70. The number of amides is 2. The Bertz CT molecular complexity index is 1040. The van der Waals surface area contributed by atoms with Gasteiger partial charge < -0.3 is 25.1 Å². The van der Waals surface area contributed by atoms with Gasteiger partial charge in [-0.05, 0) is 30.4 Å². The second-order valence-electron chi connectivity index (χ2n) is 6.65. The van der Waals surface area contributed by atoms with Crippen molar-refractivity contribution in [3.05, 3.63) is 39.7 Å². The first-order valence-electron chi connectivity index (χ1n) is 9.57. The Morgan fingerprint density at radius 3 is 2.73 bits per heavy atom. The number of ether oxygens (including phenoxy) is 2. The van der Waals surface area contributed by atoms with Crippen molar-refractivity contribution in [3.63, 3.8) is 0 Å². The van der Waals surface area contributed by atoms with Gasteiger partial charge in [-0.3, -0.25) is 14.4 Å². The van der Waals surface area contributed by atoms with Crippen molar-refractivity contribution in [3.8, 4) is 11.5 Å². The molecule has 1 aliphatic rings. The van der Waals surface area contributed by atoms with Crippen LogP contribution in [0.2, 0.25) is 0 Å². The van der Waals surface area contributed by atoms with Gasteiger partial charge in [-0.15, -0.1) is 0 Å². The molecule has 10 heteroatoms. The highest BCUT2D eigenvalue weighted by Gasteiger charge is 2.32. The minimum Gasteiger partial charge on any atom is -0.490 e. The number of carbonyl (C=O) groups excluding carboxylic acids is 2. The highest BCUT2D eigenvalue weighted by Crippen LogP contribution is 2.39. The molecule has 2 heterocycles. The quantitative estimate of drug-likeness (QED) is 0.480. The summed E-state index contributed by atoms with van der Waals surface area (Å²) in [5.74, 6) is 0.709. The van der Waals surface area contributed by atoms with E-state index < -0.39 is 11.8 Å². The summed E-state index contributed by atoms with van der Waals surface area (Å²) < 4.78 is 12.8. The van der Waals surface area contributed by atoms with Crippen LogP contribution in [0.25, 0.3) is 0 Å². The van der Waals surface area contributed by atoms with E-state index in [1.807, 2.05) is 13.8 Å². The van der Waals surface area contributed by atoms with Crippen molar-refractivity contribution < 1.29 is 19.1 Å². The van der Waals surface area contributed by atoms with Gasteiger partial charge in [0.15, 0.2) is 23.3 Å². The van der Waals surface area contributed by atoms with Gasteiger partial charge >= 0.3 is 0 Å².